The van der Waals surface area contributed by atoms with Crippen molar-refractivity contribution in [2.45, 2.75) is 172 Å². The van der Waals surface area contributed by atoms with Gasteiger partial charge in [-0.15, -0.1) is 0 Å². The van der Waals surface area contributed by atoms with Gasteiger partial charge < -0.3 is 16.0 Å². The summed E-state index contributed by atoms with van der Waals surface area (Å²) < 4.78 is 79.0. The normalized spacial score (nSPS) is 19.5. The first kappa shape index (κ1) is 48.9. The Hall–Kier alpha value is -4.68. The van der Waals surface area contributed by atoms with Gasteiger partial charge in [0.2, 0.25) is 30.1 Å². The second-order valence-electron chi connectivity index (χ2n) is 21.3. The molecule has 0 aliphatic heterocycles. The summed E-state index contributed by atoms with van der Waals surface area (Å²) in [5.41, 5.74) is 17.8. The number of benzene rings is 3. The van der Waals surface area contributed by atoms with Gasteiger partial charge in [0, 0.05) is 17.1 Å². The van der Waals surface area contributed by atoms with E-state index in [1.165, 1.54) is 66.8 Å². The van der Waals surface area contributed by atoms with Crippen molar-refractivity contribution in [3.05, 3.63) is 85.0 Å². The molecule has 0 heterocycles. The van der Waals surface area contributed by atoms with Crippen molar-refractivity contribution < 1.29 is 39.6 Å². The van der Waals surface area contributed by atoms with E-state index in [1.54, 1.807) is 0 Å². The predicted octanol–water partition coefficient (Wildman–Crippen LogP) is 8.11. The number of fused-ring (bicyclic) bond motifs is 6. The highest BCUT2D eigenvalue weighted by Crippen LogP contribution is 2.41. The third kappa shape index (κ3) is 11.0. The lowest BCUT2D eigenvalue weighted by Crippen LogP contribution is -2.43. The Bertz CT molecular complexity index is 2850. The number of sulfonamides is 3. The first-order valence-electron chi connectivity index (χ1n) is 26.0. The Kier molecular flexibility index (Phi) is 14.0. The topological polar surface area (TPSA) is 226 Å². The third-order valence-corrected chi connectivity index (χ3v) is 20.8. The quantitative estimate of drug-likeness (QED) is 0.109. The summed E-state index contributed by atoms with van der Waals surface area (Å²) in [6, 6.07) is 5.05. The minimum absolute atomic E-state index is 0.0609. The van der Waals surface area contributed by atoms with Crippen LogP contribution in [0.5, 0.6) is 0 Å². The van der Waals surface area contributed by atoms with E-state index in [1.807, 2.05) is 0 Å². The Morgan fingerprint density at radius 2 is 0.657 bits per heavy atom. The minimum Gasteiger partial charge on any atom is -0.307 e. The van der Waals surface area contributed by atoms with Crippen LogP contribution in [0.15, 0.2) is 18.2 Å². The van der Waals surface area contributed by atoms with Gasteiger partial charge in [-0.3, -0.25) is 0 Å². The van der Waals surface area contributed by atoms with Crippen molar-refractivity contribution in [2.75, 3.05) is 27.5 Å². The molecule has 70 heavy (non-hydrogen) atoms. The maximum atomic E-state index is 12.3. The van der Waals surface area contributed by atoms with E-state index in [0.717, 1.165) is 171 Å². The first-order chi connectivity index (χ1) is 33.6. The SMILES string of the molecule is O=C(Nc1c2c(cc3c1CCC3)CCC2)NS(=O)(=O)C1CCC1.O=C(Nc1c2c(cc3c1CCC3)CCC2)NS(=O)(=O)CC1CC1.O=C(Nc1c2c(cc3c1CCC3)CCC2)NS(=O)(=O)CC1CCC1. The molecule has 0 saturated heterocycles. The maximum Gasteiger partial charge on any atom is 0.332 e. The van der Waals surface area contributed by atoms with Crippen LogP contribution in [0.25, 0.3) is 0 Å². The molecule has 0 aromatic heterocycles. The highest BCUT2D eigenvalue weighted by atomic mass is 32.2. The van der Waals surface area contributed by atoms with Crippen LogP contribution in [0.3, 0.4) is 0 Å². The van der Waals surface area contributed by atoms with Crippen LogP contribution in [0, 0.1) is 11.8 Å². The van der Waals surface area contributed by atoms with E-state index < -0.39 is 53.4 Å². The fourth-order valence-corrected chi connectivity index (χ4v) is 16.3. The fourth-order valence-electron chi connectivity index (χ4n) is 12.1. The molecule has 0 bridgehead atoms. The van der Waals surface area contributed by atoms with Gasteiger partial charge in [-0.1, -0.05) is 31.0 Å². The van der Waals surface area contributed by atoms with Gasteiger partial charge in [0.1, 0.15) is 0 Å². The lowest BCUT2D eigenvalue weighted by atomic mass is 9.87. The number of carbonyl (C=O) groups is 3. The fraction of sp³-hybridized carbons (Fsp3) is 0.596. The van der Waals surface area contributed by atoms with E-state index in [4.69, 9.17) is 0 Å². The van der Waals surface area contributed by atoms with Crippen molar-refractivity contribution in [3.63, 3.8) is 0 Å². The van der Waals surface area contributed by atoms with E-state index in [0.29, 0.717) is 12.8 Å². The summed E-state index contributed by atoms with van der Waals surface area (Å²) in [7, 11) is -10.6. The zero-order valence-corrected chi connectivity index (χ0v) is 42.6. The first-order valence-corrected chi connectivity index (χ1v) is 30.9. The van der Waals surface area contributed by atoms with Crippen molar-refractivity contribution in [2.24, 2.45) is 11.8 Å². The van der Waals surface area contributed by atoms with Crippen LogP contribution in [-0.2, 0) is 107 Å². The number of carbonyl (C=O) groups excluding carboxylic acids is 3. The molecular weight excluding hydrogens is 949 g/mol. The summed E-state index contributed by atoms with van der Waals surface area (Å²) in [5.74, 6) is 0.558. The molecule has 3 saturated carbocycles. The average molecular weight is 1020 g/mol. The molecular formula is C52H68N6O9S3. The Balaban J connectivity index is 0.000000122. The van der Waals surface area contributed by atoms with E-state index in [9.17, 15) is 39.6 Å². The van der Waals surface area contributed by atoms with E-state index in [2.05, 4.69) is 48.3 Å². The van der Waals surface area contributed by atoms with Crippen LogP contribution in [0.1, 0.15) is 157 Å². The molecule has 6 N–H and O–H groups in total. The number of aryl methyl sites for hydroxylation is 6. The van der Waals surface area contributed by atoms with Crippen LogP contribution >= 0.6 is 0 Å². The van der Waals surface area contributed by atoms with Crippen LogP contribution in [0.2, 0.25) is 0 Å². The zero-order chi connectivity index (χ0) is 48.8. The summed E-state index contributed by atoms with van der Waals surface area (Å²) >= 11 is 0. The molecule has 0 atom stereocenters. The van der Waals surface area contributed by atoms with Gasteiger partial charge in [0.15, 0.2) is 0 Å². The van der Waals surface area contributed by atoms with Crippen LogP contribution in [0.4, 0.5) is 31.4 Å². The Labute approximate surface area is 413 Å². The molecule has 3 fully saturated rings. The lowest BCUT2D eigenvalue weighted by Gasteiger charge is -2.25. The molecule has 3 aromatic rings. The predicted molar refractivity (Wildman–Crippen MR) is 272 cm³/mol. The molecule has 0 spiro atoms. The van der Waals surface area contributed by atoms with Crippen LogP contribution in [-0.4, -0.2) is 60.1 Å². The molecule has 15 nitrogen and oxygen atoms in total. The van der Waals surface area contributed by atoms with Gasteiger partial charge in [-0.2, -0.15) is 0 Å². The standard InChI is InChI=1S/C18H24N2O3S.2C17H22N2O3S/c21-18(20-24(22,23)11-12-4-1-5-12)19-17-15-8-2-6-13(15)10-14-7-3-9-16(14)17;20-17(19-23(21,22)13-6-3-7-13)18-16-14-8-1-4-11(14)10-12-5-2-9-15(12)16;20-17(19-23(21,22)10-11-7-8-11)18-16-14-5-1-3-12(14)9-13-4-2-6-15(13)16/h10,12H,1-9,11H2,(H2,19,20,21);10,13H,1-9H2,(H2,18,19,20);9,11H,1-8,10H2,(H2,18,19,20). The summed E-state index contributed by atoms with van der Waals surface area (Å²) in [5, 5.41) is 8.21. The monoisotopic (exact) mass is 1020 g/mol. The summed E-state index contributed by atoms with van der Waals surface area (Å²) in [4.78, 5) is 36.8. The minimum atomic E-state index is -3.55. The molecule has 0 radical (unpaired) electrons. The largest absolute Gasteiger partial charge is 0.332 e. The Morgan fingerprint density at radius 1 is 0.371 bits per heavy atom. The second kappa shape index (κ2) is 20.1. The highest BCUT2D eigenvalue weighted by Gasteiger charge is 2.35. The number of anilines is 3. The van der Waals surface area contributed by atoms with Gasteiger partial charge in [-0.05, 0) is 233 Å². The molecule has 378 valence electrons. The number of hydrogen-bond donors (Lipinski definition) is 6. The number of nitrogens with one attached hydrogen (secondary N) is 6. The van der Waals surface area contributed by atoms with Crippen molar-refractivity contribution >= 4 is 65.2 Å². The summed E-state index contributed by atoms with van der Waals surface area (Å²) in [6.07, 6.45) is 25.9. The van der Waals surface area contributed by atoms with Gasteiger partial charge in [0.05, 0.1) is 16.8 Å². The number of urea groups is 3. The molecule has 9 aliphatic rings. The Morgan fingerprint density at radius 3 is 0.914 bits per heavy atom. The van der Waals surface area contributed by atoms with Crippen molar-refractivity contribution in [3.8, 4) is 0 Å². The second-order valence-corrected chi connectivity index (χ2v) is 26.8. The maximum absolute atomic E-state index is 12.3. The third-order valence-electron chi connectivity index (χ3n) is 16.2. The number of rotatable bonds is 11. The highest BCUT2D eigenvalue weighted by molar-refractivity contribution is 7.91. The molecule has 12 rings (SSSR count). The molecule has 18 heteroatoms. The zero-order valence-electron chi connectivity index (χ0n) is 40.2. The summed E-state index contributed by atoms with van der Waals surface area (Å²) in [6.45, 7) is 0. The van der Waals surface area contributed by atoms with Crippen LogP contribution < -0.4 is 30.1 Å². The smallest absolute Gasteiger partial charge is 0.307 e. The van der Waals surface area contributed by atoms with Crippen molar-refractivity contribution in [1.82, 2.24) is 14.2 Å². The molecule has 3 aromatic carbocycles. The molecule has 0 unspecified atom stereocenters. The van der Waals surface area contributed by atoms with Gasteiger partial charge >= 0.3 is 18.1 Å². The van der Waals surface area contributed by atoms with E-state index >= 15 is 0 Å². The number of hydrogen-bond acceptors (Lipinski definition) is 9. The van der Waals surface area contributed by atoms with E-state index in [-0.39, 0.29) is 23.3 Å². The number of amides is 6. The van der Waals surface area contributed by atoms with Gasteiger partial charge in [0.25, 0.3) is 0 Å². The average Bonchev–Trinajstić information content (AvgIpc) is 4.00. The lowest BCUT2D eigenvalue weighted by molar-refractivity contribution is 0.255. The molecule has 9 aliphatic carbocycles. The van der Waals surface area contributed by atoms with Crippen molar-refractivity contribution in [1.29, 1.82) is 0 Å². The van der Waals surface area contributed by atoms with Gasteiger partial charge in [-0.25, -0.2) is 53.8 Å². The molecule has 6 amide bonds.